The van der Waals surface area contributed by atoms with Crippen LogP contribution in [-0.4, -0.2) is 0 Å². The molecule has 0 saturated heterocycles. The van der Waals surface area contributed by atoms with Crippen molar-refractivity contribution in [3.8, 4) is 6.57 Å². The summed E-state index contributed by atoms with van der Waals surface area (Å²) in [7, 11) is 0. The summed E-state index contributed by atoms with van der Waals surface area (Å²) in [5, 5.41) is 6.50. The van der Waals surface area contributed by atoms with Crippen molar-refractivity contribution in [2.75, 3.05) is 5.73 Å². The molecule has 2 heteroatoms. The molecule has 2 nitrogen and oxygen atoms in total. The summed E-state index contributed by atoms with van der Waals surface area (Å²) in [6.45, 7) is 5.62. The van der Waals surface area contributed by atoms with E-state index in [1.165, 1.54) is 5.56 Å². The van der Waals surface area contributed by atoms with E-state index >= 15 is 0 Å². The van der Waals surface area contributed by atoms with Gasteiger partial charge in [0.25, 0.3) is 0 Å². The third-order valence-corrected chi connectivity index (χ3v) is 1.36. The first-order valence-electron chi connectivity index (χ1n) is 3.43. The molecule has 2 N–H and O–H groups in total. The molecule has 0 aliphatic carbocycles. The predicted octanol–water partition coefficient (Wildman–Crippen LogP) is 1.97. The Kier molecular flexibility index (Phi) is 4.59. The van der Waals surface area contributed by atoms with Gasteiger partial charge in [0.2, 0.25) is 0 Å². The van der Waals surface area contributed by atoms with E-state index in [0.29, 0.717) is 0 Å². The van der Waals surface area contributed by atoms with Crippen molar-refractivity contribution in [3.63, 3.8) is 0 Å². The number of nitrogen functional groups attached to an aromatic ring is 1. The molecule has 0 atom stereocenters. The summed E-state index contributed by atoms with van der Waals surface area (Å²) in [4.78, 5) is 0. The van der Waals surface area contributed by atoms with Crippen molar-refractivity contribution in [2.45, 2.75) is 13.3 Å². The Labute approximate surface area is 67.3 Å². The Bertz CT molecular complexity index is 228. The van der Waals surface area contributed by atoms with Crippen LogP contribution >= 0.6 is 0 Å². The van der Waals surface area contributed by atoms with E-state index in [0.717, 1.165) is 12.1 Å². The van der Waals surface area contributed by atoms with E-state index in [1.807, 2.05) is 18.2 Å². The fraction of sp³-hybridized carbons (Fsp3) is 0.222. The van der Waals surface area contributed by atoms with Gasteiger partial charge >= 0.3 is 0 Å². The third-order valence-electron chi connectivity index (χ3n) is 1.36. The number of aryl methyl sites for hydroxylation is 1. The summed E-state index contributed by atoms with van der Waals surface area (Å²) < 4.78 is 0. The van der Waals surface area contributed by atoms with E-state index in [4.69, 9.17) is 11.0 Å². The average Bonchev–Trinajstić information content (AvgIpc) is 2.08. The van der Waals surface area contributed by atoms with Crippen molar-refractivity contribution >= 4 is 5.69 Å². The van der Waals surface area contributed by atoms with Gasteiger partial charge in [0.05, 0.1) is 0 Å². The number of nitriles is 1. The summed E-state index contributed by atoms with van der Waals surface area (Å²) in [6.07, 6.45) is 1.06. The van der Waals surface area contributed by atoms with E-state index in [2.05, 4.69) is 19.6 Å². The standard InChI is InChI=1S/C8H11N.CHN/c1-2-7-4-3-5-8(9)6-7;1-2/h3-6H,2,9H2,1H3;1H. The largest absolute Gasteiger partial charge is 0.399 e. The third kappa shape index (κ3) is 3.27. The zero-order chi connectivity index (χ0) is 8.69. The van der Waals surface area contributed by atoms with Crippen LogP contribution < -0.4 is 5.73 Å². The normalized spacial score (nSPS) is 7.91. The van der Waals surface area contributed by atoms with Gasteiger partial charge in [-0.15, -0.1) is 0 Å². The highest BCUT2D eigenvalue weighted by molar-refractivity contribution is 5.40. The number of rotatable bonds is 1. The van der Waals surface area contributed by atoms with Crippen LogP contribution in [0.3, 0.4) is 0 Å². The first-order chi connectivity index (χ1) is 5.33. The molecule has 0 bridgehead atoms. The molecule has 1 aromatic rings. The number of anilines is 1. The van der Waals surface area contributed by atoms with Crippen LogP contribution in [0.4, 0.5) is 5.69 Å². The monoisotopic (exact) mass is 148 g/mol. The lowest BCUT2D eigenvalue weighted by Crippen LogP contribution is -1.85. The number of hydrogen-bond acceptors (Lipinski definition) is 2. The highest BCUT2D eigenvalue weighted by atomic mass is 14.5. The number of hydrogen-bond donors (Lipinski definition) is 1. The van der Waals surface area contributed by atoms with Gasteiger partial charge < -0.3 is 5.73 Å². The minimum Gasteiger partial charge on any atom is -0.399 e. The molecule has 1 aromatic carbocycles. The van der Waals surface area contributed by atoms with Crippen LogP contribution in [0.25, 0.3) is 0 Å². The van der Waals surface area contributed by atoms with E-state index in [9.17, 15) is 0 Å². The van der Waals surface area contributed by atoms with Gasteiger partial charge in [-0.2, -0.15) is 0 Å². The summed E-state index contributed by atoms with van der Waals surface area (Å²) >= 11 is 0. The lowest BCUT2D eigenvalue weighted by molar-refractivity contribution is 1.14. The molecule has 58 valence electrons. The quantitative estimate of drug-likeness (QED) is 0.619. The second-order valence-corrected chi connectivity index (χ2v) is 2.10. The number of nitrogens with two attached hydrogens (primary N) is 1. The van der Waals surface area contributed by atoms with E-state index < -0.39 is 0 Å². The first-order valence-corrected chi connectivity index (χ1v) is 3.43. The topological polar surface area (TPSA) is 49.8 Å². The van der Waals surface area contributed by atoms with Crippen molar-refractivity contribution < 1.29 is 0 Å². The summed E-state index contributed by atoms with van der Waals surface area (Å²) in [5.41, 5.74) is 7.69. The molecule has 0 fully saturated rings. The molecule has 0 aliphatic rings. The smallest absolute Gasteiger partial charge is 0.0462 e. The minimum absolute atomic E-state index is 0.856. The van der Waals surface area contributed by atoms with Crippen LogP contribution in [0.15, 0.2) is 24.3 Å². The van der Waals surface area contributed by atoms with Crippen LogP contribution in [0, 0.1) is 11.8 Å². The average molecular weight is 148 g/mol. The van der Waals surface area contributed by atoms with Gasteiger partial charge in [-0.05, 0) is 24.1 Å². The SMILES string of the molecule is C#N.CCc1cccc(N)c1. The Morgan fingerprint density at radius 2 is 2.09 bits per heavy atom. The van der Waals surface area contributed by atoms with Gasteiger partial charge in [-0.25, -0.2) is 5.26 Å². The zero-order valence-corrected chi connectivity index (χ0v) is 6.62. The maximum Gasteiger partial charge on any atom is 0.0462 e. The number of nitrogens with zero attached hydrogens (tertiary/aromatic N) is 1. The Hall–Kier alpha value is -1.49. The zero-order valence-electron chi connectivity index (χ0n) is 6.62. The molecular weight excluding hydrogens is 136 g/mol. The van der Waals surface area contributed by atoms with Crippen molar-refractivity contribution in [1.82, 2.24) is 0 Å². The molecule has 0 amide bonds. The van der Waals surface area contributed by atoms with Gasteiger partial charge in [0.1, 0.15) is 0 Å². The minimum atomic E-state index is 0.856. The predicted molar refractivity (Wildman–Crippen MR) is 46.9 cm³/mol. The van der Waals surface area contributed by atoms with Crippen LogP contribution in [0.2, 0.25) is 0 Å². The molecular formula is C9H12N2. The van der Waals surface area contributed by atoms with Crippen molar-refractivity contribution in [2.24, 2.45) is 0 Å². The van der Waals surface area contributed by atoms with Crippen molar-refractivity contribution in [1.29, 1.82) is 5.26 Å². The number of benzene rings is 1. The Balaban J connectivity index is 0.000000461. The molecule has 11 heavy (non-hydrogen) atoms. The fourth-order valence-electron chi connectivity index (χ4n) is 0.813. The van der Waals surface area contributed by atoms with Gasteiger partial charge in [0.15, 0.2) is 0 Å². The molecule has 0 aliphatic heterocycles. The molecule has 1 rings (SSSR count). The van der Waals surface area contributed by atoms with Gasteiger partial charge in [0, 0.05) is 12.3 Å². The van der Waals surface area contributed by atoms with Crippen LogP contribution in [0.5, 0.6) is 0 Å². The molecule has 0 radical (unpaired) electrons. The molecule has 0 unspecified atom stereocenters. The Morgan fingerprint density at radius 1 is 1.45 bits per heavy atom. The highest BCUT2D eigenvalue weighted by Gasteiger charge is 1.86. The molecule has 0 saturated carbocycles. The second kappa shape index (κ2) is 5.31. The maximum absolute atomic E-state index is 6.50. The summed E-state index contributed by atoms with van der Waals surface area (Å²) in [5.74, 6) is 0. The Morgan fingerprint density at radius 3 is 2.45 bits per heavy atom. The van der Waals surface area contributed by atoms with Crippen LogP contribution in [0.1, 0.15) is 12.5 Å². The highest BCUT2D eigenvalue weighted by Crippen LogP contribution is 2.05. The maximum atomic E-state index is 6.50. The van der Waals surface area contributed by atoms with Crippen molar-refractivity contribution in [3.05, 3.63) is 29.8 Å². The van der Waals surface area contributed by atoms with Gasteiger partial charge in [-0.1, -0.05) is 19.1 Å². The molecule has 0 heterocycles. The van der Waals surface area contributed by atoms with Crippen LogP contribution in [-0.2, 0) is 6.42 Å². The summed E-state index contributed by atoms with van der Waals surface area (Å²) in [6, 6.07) is 7.96. The first kappa shape index (κ1) is 9.51. The second-order valence-electron chi connectivity index (χ2n) is 2.10. The van der Waals surface area contributed by atoms with Gasteiger partial charge in [-0.3, -0.25) is 0 Å². The molecule has 0 spiro atoms. The fourth-order valence-corrected chi connectivity index (χ4v) is 0.813. The lowest BCUT2D eigenvalue weighted by atomic mass is 10.1. The van der Waals surface area contributed by atoms with E-state index in [1.54, 1.807) is 0 Å². The molecule has 0 aromatic heterocycles. The lowest BCUT2D eigenvalue weighted by Gasteiger charge is -1.95. The van der Waals surface area contributed by atoms with E-state index in [-0.39, 0.29) is 0 Å².